The van der Waals surface area contributed by atoms with Crippen molar-refractivity contribution in [2.24, 2.45) is 7.05 Å². The predicted octanol–water partition coefficient (Wildman–Crippen LogP) is 4.36. The molecule has 6 heteroatoms. The maximum Gasteiger partial charge on any atom is 0.251 e. The third kappa shape index (κ3) is 4.52. The van der Waals surface area contributed by atoms with E-state index in [9.17, 15) is 4.79 Å². The number of anilines is 1. The lowest BCUT2D eigenvalue weighted by atomic mass is 10.1. The maximum absolute atomic E-state index is 12.7. The van der Waals surface area contributed by atoms with E-state index in [1.54, 1.807) is 17.5 Å². The summed E-state index contributed by atoms with van der Waals surface area (Å²) in [6.45, 7) is 2.87. The highest BCUT2D eigenvalue weighted by molar-refractivity contribution is 7.09. The molecule has 3 rings (SSSR count). The summed E-state index contributed by atoms with van der Waals surface area (Å²) in [5.41, 5.74) is 1.59. The van der Waals surface area contributed by atoms with Crippen LogP contribution in [0.2, 0.25) is 0 Å². The Morgan fingerprint density at radius 1 is 1.31 bits per heavy atom. The fourth-order valence-corrected chi connectivity index (χ4v) is 3.53. The molecule has 0 aliphatic rings. The normalized spacial score (nSPS) is 11.9. The first-order valence-corrected chi connectivity index (χ1v) is 9.69. The molecule has 1 aromatic carbocycles. The minimum absolute atomic E-state index is 0.0776. The van der Waals surface area contributed by atoms with Crippen molar-refractivity contribution < 1.29 is 4.79 Å². The van der Waals surface area contributed by atoms with Gasteiger partial charge in [0, 0.05) is 42.1 Å². The van der Waals surface area contributed by atoms with E-state index < -0.39 is 0 Å². The van der Waals surface area contributed by atoms with Gasteiger partial charge in [-0.05, 0) is 36.1 Å². The molecule has 0 saturated heterocycles. The number of nitrogens with zero attached hydrogens (tertiary/aromatic N) is 2. The summed E-state index contributed by atoms with van der Waals surface area (Å²) in [5, 5.41) is 8.56. The molecule has 3 aromatic rings. The van der Waals surface area contributed by atoms with Gasteiger partial charge in [0.25, 0.3) is 5.91 Å². The van der Waals surface area contributed by atoms with Crippen molar-refractivity contribution >= 4 is 22.9 Å². The van der Waals surface area contributed by atoms with Crippen LogP contribution in [0.3, 0.4) is 0 Å². The van der Waals surface area contributed by atoms with E-state index in [1.165, 1.54) is 4.88 Å². The van der Waals surface area contributed by atoms with Gasteiger partial charge >= 0.3 is 0 Å². The molecule has 1 amide bonds. The third-order valence-electron chi connectivity index (χ3n) is 4.22. The molecule has 2 N–H and O–H groups in total. The average molecular weight is 369 g/mol. The molecule has 0 spiro atoms. The molecule has 136 valence electrons. The number of carbonyl (C=O) groups excluding carboxylic acids is 1. The number of aryl methyl sites for hydroxylation is 1. The molecule has 5 nitrogen and oxygen atoms in total. The summed E-state index contributed by atoms with van der Waals surface area (Å²) in [7, 11) is 1.95. The van der Waals surface area contributed by atoms with Gasteiger partial charge in [-0.25, -0.2) is 4.98 Å². The molecule has 0 bridgehead atoms. The van der Waals surface area contributed by atoms with Crippen molar-refractivity contribution in [2.75, 3.05) is 5.32 Å². The number of thiophene rings is 1. The summed E-state index contributed by atoms with van der Waals surface area (Å²) in [6.07, 6.45) is 5.49. The Hall–Kier alpha value is -2.60. The molecule has 0 aliphatic heterocycles. The van der Waals surface area contributed by atoms with Gasteiger partial charge in [-0.3, -0.25) is 4.79 Å². The molecule has 0 radical (unpaired) electrons. The van der Waals surface area contributed by atoms with Crippen molar-refractivity contribution in [3.05, 3.63) is 70.4 Å². The Labute approximate surface area is 158 Å². The molecule has 2 heterocycles. The second-order valence-electron chi connectivity index (χ2n) is 6.22. The number of nitrogens with one attached hydrogen (secondary N) is 2. The maximum atomic E-state index is 12.7. The molecule has 26 heavy (non-hydrogen) atoms. The van der Waals surface area contributed by atoms with Crippen LogP contribution in [0.5, 0.6) is 0 Å². The van der Waals surface area contributed by atoms with Gasteiger partial charge in [-0.1, -0.05) is 25.5 Å². The van der Waals surface area contributed by atoms with Gasteiger partial charge in [0.1, 0.15) is 5.82 Å². The van der Waals surface area contributed by atoms with Gasteiger partial charge < -0.3 is 15.2 Å². The molecule has 2 aromatic heterocycles. The first-order chi connectivity index (χ1) is 12.7. The number of aromatic nitrogens is 2. The Morgan fingerprint density at radius 3 is 2.88 bits per heavy atom. The zero-order valence-electron chi connectivity index (χ0n) is 15.1. The van der Waals surface area contributed by atoms with Crippen LogP contribution in [0.15, 0.2) is 54.2 Å². The van der Waals surface area contributed by atoms with Crippen molar-refractivity contribution in [2.45, 2.75) is 32.4 Å². The largest absolute Gasteiger partial charge is 0.380 e. The number of hydrogen-bond acceptors (Lipinski definition) is 4. The van der Waals surface area contributed by atoms with Crippen LogP contribution in [-0.4, -0.2) is 15.5 Å². The molecule has 0 aliphatic carbocycles. The van der Waals surface area contributed by atoms with Crippen molar-refractivity contribution in [1.29, 1.82) is 0 Å². The highest BCUT2D eigenvalue weighted by atomic mass is 32.1. The Balaban J connectivity index is 1.68. The van der Waals surface area contributed by atoms with E-state index in [0.29, 0.717) is 5.56 Å². The summed E-state index contributed by atoms with van der Waals surface area (Å²) >= 11 is 1.72. The first kappa shape index (κ1) is 18.2. The highest BCUT2D eigenvalue weighted by Gasteiger charge is 2.18. The van der Waals surface area contributed by atoms with Crippen molar-refractivity contribution in [3.63, 3.8) is 0 Å². The van der Waals surface area contributed by atoms with Crippen LogP contribution in [-0.2, 0) is 13.6 Å². The smallest absolute Gasteiger partial charge is 0.251 e. The number of amides is 1. The van der Waals surface area contributed by atoms with E-state index in [2.05, 4.69) is 34.0 Å². The lowest BCUT2D eigenvalue weighted by molar-refractivity contribution is 0.0932. The van der Waals surface area contributed by atoms with Crippen LogP contribution < -0.4 is 10.6 Å². The fraction of sp³-hybridized carbons (Fsp3) is 0.300. The van der Waals surface area contributed by atoms with Gasteiger partial charge in [0.2, 0.25) is 0 Å². The van der Waals surface area contributed by atoms with E-state index >= 15 is 0 Å². The fourth-order valence-electron chi connectivity index (χ4n) is 2.88. The van der Waals surface area contributed by atoms with E-state index in [4.69, 9.17) is 0 Å². The average Bonchev–Trinajstić information content (AvgIpc) is 3.31. The Kier molecular flexibility index (Phi) is 6.07. The van der Waals surface area contributed by atoms with Crippen LogP contribution in [0.25, 0.3) is 0 Å². The summed E-state index contributed by atoms with van der Waals surface area (Å²) in [5.74, 6) is 0.804. The van der Waals surface area contributed by atoms with Crippen LogP contribution in [0.1, 0.15) is 46.9 Å². The Morgan fingerprint density at radius 2 is 2.19 bits per heavy atom. The van der Waals surface area contributed by atoms with Gasteiger partial charge in [-0.15, -0.1) is 11.3 Å². The second-order valence-corrected chi connectivity index (χ2v) is 7.26. The molecule has 0 fully saturated rings. The van der Waals surface area contributed by atoms with Crippen molar-refractivity contribution in [1.82, 2.24) is 14.9 Å². The summed E-state index contributed by atoms with van der Waals surface area (Å²) in [4.78, 5) is 18.4. The quantitative estimate of drug-likeness (QED) is 0.621. The number of hydrogen-bond donors (Lipinski definition) is 2. The summed E-state index contributed by atoms with van der Waals surface area (Å²) in [6, 6.07) is 11.7. The van der Waals surface area contributed by atoms with E-state index in [1.807, 2.05) is 48.1 Å². The molecule has 1 atom stereocenters. The molecular formula is C20H24N4OS. The molecule has 0 saturated carbocycles. The van der Waals surface area contributed by atoms with E-state index in [-0.39, 0.29) is 11.9 Å². The minimum Gasteiger partial charge on any atom is -0.380 e. The number of imidazole rings is 1. The first-order valence-electron chi connectivity index (χ1n) is 8.81. The molecule has 0 unspecified atom stereocenters. The molecular weight excluding hydrogens is 344 g/mol. The van der Waals surface area contributed by atoms with Crippen LogP contribution in [0.4, 0.5) is 5.69 Å². The highest BCUT2D eigenvalue weighted by Crippen LogP contribution is 2.19. The number of carbonyl (C=O) groups is 1. The SMILES string of the molecule is CCC[C@H](NC(=O)c1cccc(NCc2cccs2)c1)c1nccn1C. The number of rotatable bonds is 8. The van der Waals surface area contributed by atoms with Gasteiger partial charge in [0.15, 0.2) is 0 Å². The monoisotopic (exact) mass is 368 g/mol. The lowest BCUT2D eigenvalue weighted by Gasteiger charge is -2.18. The van der Waals surface area contributed by atoms with Gasteiger partial charge in [-0.2, -0.15) is 0 Å². The van der Waals surface area contributed by atoms with Gasteiger partial charge in [0.05, 0.1) is 6.04 Å². The summed E-state index contributed by atoms with van der Waals surface area (Å²) < 4.78 is 1.96. The predicted molar refractivity (Wildman–Crippen MR) is 106 cm³/mol. The van der Waals surface area contributed by atoms with E-state index in [0.717, 1.165) is 30.9 Å². The third-order valence-corrected chi connectivity index (χ3v) is 5.10. The second kappa shape index (κ2) is 8.67. The minimum atomic E-state index is -0.0877. The zero-order chi connectivity index (χ0) is 18.4. The topological polar surface area (TPSA) is 59.0 Å². The standard InChI is InChI=1S/C20H24N4OS/c1-3-6-18(19-21-10-11-24(19)2)23-20(25)15-7-4-8-16(13-15)22-14-17-9-5-12-26-17/h4-5,7-13,18,22H,3,6,14H2,1-2H3,(H,23,25)/t18-/m0/s1. The Bertz CT molecular complexity index is 841. The number of benzene rings is 1. The van der Waals surface area contributed by atoms with Crippen LogP contribution in [0, 0.1) is 0 Å². The van der Waals surface area contributed by atoms with Crippen LogP contribution >= 0.6 is 11.3 Å². The zero-order valence-corrected chi connectivity index (χ0v) is 15.9. The lowest BCUT2D eigenvalue weighted by Crippen LogP contribution is -2.30. The van der Waals surface area contributed by atoms with Crippen molar-refractivity contribution in [3.8, 4) is 0 Å².